The van der Waals surface area contributed by atoms with Crippen LogP contribution < -0.4 is 10.2 Å². The first-order chi connectivity index (χ1) is 12.5. The maximum Gasteiger partial charge on any atom is 0.349 e. The van der Waals surface area contributed by atoms with Crippen LogP contribution >= 0.6 is 0 Å². The van der Waals surface area contributed by atoms with Gasteiger partial charge in [-0.1, -0.05) is 12.1 Å². The summed E-state index contributed by atoms with van der Waals surface area (Å²) in [5, 5.41) is 11.8. The SMILES string of the molecule is CN(C)c1ccc(/C=C(/C#N)C(=O)OCC(=O)NC[C@@H]2CCCO2)cc1. The Morgan fingerprint density at radius 1 is 1.38 bits per heavy atom. The van der Waals surface area contributed by atoms with E-state index in [1.54, 1.807) is 12.1 Å². The molecule has 1 aliphatic rings. The average molecular weight is 357 g/mol. The van der Waals surface area contributed by atoms with Gasteiger partial charge in [-0.25, -0.2) is 4.79 Å². The van der Waals surface area contributed by atoms with Crippen LogP contribution in [-0.2, 0) is 19.1 Å². The fourth-order valence-electron chi connectivity index (χ4n) is 2.47. The summed E-state index contributed by atoms with van der Waals surface area (Å²) in [4.78, 5) is 25.7. The largest absolute Gasteiger partial charge is 0.451 e. The second kappa shape index (κ2) is 9.59. The monoisotopic (exact) mass is 357 g/mol. The standard InChI is InChI=1S/C19H23N3O4/c1-22(2)16-7-5-14(6-8-16)10-15(11-20)19(24)26-13-18(23)21-12-17-4-3-9-25-17/h5-8,10,17H,3-4,9,12-13H2,1-2H3,(H,21,23)/b15-10-/t17-/m0/s1. The van der Waals surface area contributed by atoms with Crippen LogP contribution in [0.1, 0.15) is 18.4 Å². The van der Waals surface area contributed by atoms with Gasteiger partial charge in [0, 0.05) is 32.9 Å². The van der Waals surface area contributed by atoms with Gasteiger partial charge < -0.3 is 19.7 Å². The molecule has 26 heavy (non-hydrogen) atoms. The van der Waals surface area contributed by atoms with Crippen LogP contribution in [0, 0.1) is 11.3 Å². The van der Waals surface area contributed by atoms with Gasteiger partial charge in [0.05, 0.1) is 6.10 Å². The third-order valence-electron chi connectivity index (χ3n) is 3.95. The highest BCUT2D eigenvalue weighted by atomic mass is 16.5. The Morgan fingerprint density at radius 2 is 2.12 bits per heavy atom. The zero-order valence-corrected chi connectivity index (χ0v) is 15.0. The normalized spacial score (nSPS) is 16.7. The molecule has 0 spiro atoms. The fourth-order valence-corrected chi connectivity index (χ4v) is 2.47. The van der Waals surface area contributed by atoms with Crippen molar-refractivity contribution in [2.45, 2.75) is 18.9 Å². The minimum Gasteiger partial charge on any atom is -0.451 e. The Labute approximate surface area is 153 Å². The van der Waals surface area contributed by atoms with Gasteiger partial charge in [0.25, 0.3) is 5.91 Å². The predicted molar refractivity (Wildman–Crippen MR) is 97.3 cm³/mol. The molecule has 0 unspecified atom stereocenters. The van der Waals surface area contributed by atoms with E-state index in [2.05, 4.69) is 5.32 Å². The van der Waals surface area contributed by atoms with Crippen molar-refractivity contribution in [2.75, 3.05) is 38.8 Å². The lowest BCUT2D eigenvalue weighted by Crippen LogP contribution is -2.34. The van der Waals surface area contributed by atoms with E-state index in [0.717, 1.165) is 18.5 Å². The molecule has 7 nitrogen and oxygen atoms in total. The molecule has 2 rings (SSSR count). The van der Waals surface area contributed by atoms with E-state index in [1.807, 2.05) is 37.2 Å². The summed E-state index contributed by atoms with van der Waals surface area (Å²) in [6.07, 6.45) is 3.36. The second-order valence-electron chi connectivity index (χ2n) is 6.17. The second-order valence-corrected chi connectivity index (χ2v) is 6.17. The number of esters is 1. The van der Waals surface area contributed by atoms with Gasteiger partial charge in [0.15, 0.2) is 6.61 Å². The molecule has 0 aliphatic carbocycles. The zero-order chi connectivity index (χ0) is 18.9. The van der Waals surface area contributed by atoms with Gasteiger partial charge in [-0.2, -0.15) is 5.26 Å². The van der Waals surface area contributed by atoms with Crippen molar-refractivity contribution in [1.29, 1.82) is 5.26 Å². The summed E-state index contributed by atoms with van der Waals surface area (Å²) in [6.45, 7) is 0.682. The van der Waals surface area contributed by atoms with Crippen molar-refractivity contribution in [3.63, 3.8) is 0 Å². The molecule has 0 radical (unpaired) electrons. The first kappa shape index (κ1) is 19.5. The molecule has 1 fully saturated rings. The molecule has 0 bridgehead atoms. The summed E-state index contributed by atoms with van der Waals surface area (Å²) in [6, 6.07) is 9.17. The fraction of sp³-hybridized carbons (Fsp3) is 0.421. The van der Waals surface area contributed by atoms with Crippen LogP contribution in [0.3, 0.4) is 0 Å². The van der Waals surface area contributed by atoms with E-state index in [1.165, 1.54) is 6.08 Å². The van der Waals surface area contributed by atoms with Crippen molar-refractivity contribution >= 4 is 23.6 Å². The molecule has 1 atom stereocenters. The smallest absolute Gasteiger partial charge is 0.349 e. The van der Waals surface area contributed by atoms with Crippen LogP contribution in [0.2, 0.25) is 0 Å². The minimum atomic E-state index is -0.823. The van der Waals surface area contributed by atoms with Crippen LogP contribution in [0.5, 0.6) is 0 Å². The van der Waals surface area contributed by atoms with Crippen molar-refractivity contribution < 1.29 is 19.1 Å². The van der Waals surface area contributed by atoms with Crippen LogP contribution in [0.25, 0.3) is 6.08 Å². The number of ether oxygens (including phenoxy) is 2. The molecule has 138 valence electrons. The van der Waals surface area contributed by atoms with Crippen molar-refractivity contribution in [3.8, 4) is 6.07 Å². The molecular weight excluding hydrogens is 334 g/mol. The average Bonchev–Trinajstić information content (AvgIpc) is 3.16. The highest BCUT2D eigenvalue weighted by Crippen LogP contribution is 2.15. The number of carbonyl (C=O) groups excluding carboxylic acids is 2. The van der Waals surface area contributed by atoms with Crippen molar-refractivity contribution in [3.05, 3.63) is 35.4 Å². The highest BCUT2D eigenvalue weighted by Gasteiger charge is 2.17. The van der Waals surface area contributed by atoms with E-state index in [9.17, 15) is 9.59 Å². The van der Waals surface area contributed by atoms with Gasteiger partial charge in [0.1, 0.15) is 11.6 Å². The molecule has 1 aromatic rings. The minimum absolute atomic E-state index is 0.0226. The first-order valence-corrected chi connectivity index (χ1v) is 8.44. The zero-order valence-electron chi connectivity index (χ0n) is 15.0. The van der Waals surface area contributed by atoms with E-state index >= 15 is 0 Å². The number of amides is 1. The Bertz CT molecular complexity index is 698. The number of hydrogen-bond donors (Lipinski definition) is 1. The quantitative estimate of drug-likeness (QED) is 0.452. The molecule has 1 N–H and O–H groups in total. The summed E-state index contributed by atoms with van der Waals surface area (Å²) in [7, 11) is 3.85. The summed E-state index contributed by atoms with van der Waals surface area (Å²) < 4.78 is 10.3. The van der Waals surface area contributed by atoms with Crippen LogP contribution in [-0.4, -0.2) is 51.8 Å². The Kier molecular flexibility index (Phi) is 7.18. The molecule has 0 aromatic heterocycles. The van der Waals surface area contributed by atoms with Gasteiger partial charge in [-0.15, -0.1) is 0 Å². The van der Waals surface area contributed by atoms with E-state index in [-0.39, 0.29) is 11.7 Å². The van der Waals surface area contributed by atoms with Crippen LogP contribution in [0.15, 0.2) is 29.8 Å². The third kappa shape index (κ3) is 5.90. The Morgan fingerprint density at radius 3 is 2.69 bits per heavy atom. The van der Waals surface area contributed by atoms with Gasteiger partial charge in [-0.3, -0.25) is 4.79 Å². The molecule has 1 heterocycles. The summed E-state index contributed by atoms with van der Waals surface area (Å²) in [5.74, 6) is -1.24. The predicted octanol–water partition coefficient (Wildman–Crippen LogP) is 1.50. The molecule has 1 saturated heterocycles. The van der Waals surface area contributed by atoms with Gasteiger partial charge in [-0.05, 0) is 36.6 Å². The molecule has 7 heteroatoms. The van der Waals surface area contributed by atoms with Crippen molar-refractivity contribution in [2.24, 2.45) is 0 Å². The Hall–Kier alpha value is -2.85. The molecule has 1 aliphatic heterocycles. The van der Waals surface area contributed by atoms with E-state index in [0.29, 0.717) is 18.7 Å². The Balaban J connectivity index is 1.85. The topological polar surface area (TPSA) is 91.7 Å². The first-order valence-electron chi connectivity index (χ1n) is 8.44. The number of hydrogen-bond acceptors (Lipinski definition) is 6. The van der Waals surface area contributed by atoms with Gasteiger partial charge in [0.2, 0.25) is 0 Å². The van der Waals surface area contributed by atoms with E-state index in [4.69, 9.17) is 14.7 Å². The molecule has 0 saturated carbocycles. The third-order valence-corrected chi connectivity index (χ3v) is 3.95. The maximum absolute atomic E-state index is 12.0. The number of benzene rings is 1. The molecular formula is C19H23N3O4. The van der Waals surface area contributed by atoms with Gasteiger partial charge >= 0.3 is 5.97 Å². The highest BCUT2D eigenvalue weighted by molar-refractivity contribution is 5.98. The number of nitrogens with one attached hydrogen (secondary N) is 1. The van der Waals surface area contributed by atoms with Crippen molar-refractivity contribution in [1.82, 2.24) is 5.32 Å². The summed E-state index contributed by atoms with van der Waals surface area (Å²) >= 11 is 0. The number of nitriles is 1. The lowest BCUT2D eigenvalue weighted by molar-refractivity contribution is -0.144. The number of rotatable bonds is 7. The number of carbonyl (C=O) groups is 2. The maximum atomic E-state index is 12.0. The lowest BCUT2D eigenvalue weighted by atomic mass is 10.1. The lowest BCUT2D eigenvalue weighted by Gasteiger charge is -2.12. The molecule has 1 aromatic carbocycles. The molecule has 1 amide bonds. The van der Waals surface area contributed by atoms with Crippen LogP contribution in [0.4, 0.5) is 5.69 Å². The number of nitrogens with zero attached hydrogens (tertiary/aromatic N) is 2. The summed E-state index contributed by atoms with van der Waals surface area (Å²) in [5.41, 5.74) is 1.55. The van der Waals surface area contributed by atoms with E-state index < -0.39 is 18.5 Å². The number of anilines is 1.